The first-order chi connectivity index (χ1) is 17.0. The van der Waals surface area contributed by atoms with Gasteiger partial charge in [0.25, 0.3) is 0 Å². The van der Waals surface area contributed by atoms with Gasteiger partial charge in [-0.25, -0.2) is 9.67 Å². The number of aryl methyl sites for hydroxylation is 2. The maximum absolute atomic E-state index is 6.41. The summed E-state index contributed by atoms with van der Waals surface area (Å²) < 4.78 is 9.80. The lowest BCUT2D eigenvalue weighted by Gasteiger charge is -2.32. The molecule has 6 heterocycles. The van der Waals surface area contributed by atoms with Crippen LogP contribution in [0, 0.1) is 12.8 Å². The van der Waals surface area contributed by atoms with Crippen LogP contribution in [-0.2, 0) is 11.8 Å². The van der Waals surface area contributed by atoms with E-state index in [1.807, 2.05) is 38.4 Å². The minimum absolute atomic E-state index is 0.0579. The minimum Gasteiger partial charge on any atom is -0.381 e. The van der Waals surface area contributed by atoms with Gasteiger partial charge in [-0.3, -0.25) is 9.97 Å². The first kappa shape index (κ1) is 22.4. The molecule has 10 heteroatoms. The summed E-state index contributed by atoms with van der Waals surface area (Å²) in [6.07, 6.45) is 7.23. The van der Waals surface area contributed by atoms with E-state index in [0.29, 0.717) is 16.1 Å². The highest BCUT2D eigenvalue weighted by Crippen LogP contribution is 2.41. The van der Waals surface area contributed by atoms with Crippen LogP contribution in [0.2, 0.25) is 10.2 Å². The standard InChI is InChI=1S/C25H23Cl2N7O/c1-14-24(33(2)32-31-14)16-9-21-23(30-11-16)18-13-29-22(27)10-20(18)34(21)25(15-5-7-35-8-6-15)19-4-3-17(26)12-28-19/h3-4,9-13,15,25H,5-8H2,1-2H3/t25-/m1/s1. The zero-order valence-electron chi connectivity index (χ0n) is 19.3. The van der Waals surface area contributed by atoms with Gasteiger partial charge in [0, 0.05) is 49.8 Å². The van der Waals surface area contributed by atoms with Crippen molar-refractivity contribution in [3.8, 4) is 11.3 Å². The molecule has 5 aromatic rings. The summed E-state index contributed by atoms with van der Waals surface area (Å²) in [6, 6.07) is 7.92. The Morgan fingerprint density at radius 3 is 2.54 bits per heavy atom. The van der Waals surface area contributed by atoms with Gasteiger partial charge in [0.15, 0.2) is 0 Å². The molecule has 0 saturated carbocycles. The zero-order chi connectivity index (χ0) is 24.1. The van der Waals surface area contributed by atoms with Crippen molar-refractivity contribution in [2.75, 3.05) is 13.2 Å². The summed E-state index contributed by atoms with van der Waals surface area (Å²) in [4.78, 5) is 14.0. The number of rotatable bonds is 4. The molecule has 0 N–H and O–H groups in total. The topological polar surface area (TPSA) is 83.5 Å². The van der Waals surface area contributed by atoms with Crippen molar-refractivity contribution in [1.29, 1.82) is 0 Å². The van der Waals surface area contributed by atoms with E-state index >= 15 is 0 Å². The molecule has 0 radical (unpaired) electrons. The summed E-state index contributed by atoms with van der Waals surface area (Å²) in [6.45, 7) is 3.39. The van der Waals surface area contributed by atoms with Gasteiger partial charge in [-0.05, 0) is 49.9 Å². The van der Waals surface area contributed by atoms with Crippen molar-refractivity contribution in [2.24, 2.45) is 13.0 Å². The third-order valence-corrected chi connectivity index (χ3v) is 7.23. The van der Waals surface area contributed by atoms with E-state index in [4.69, 9.17) is 37.9 Å². The van der Waals surface area contributed by atoms with Crippen molar-refractivity contribution in [3.05, 3.63) is 64.4 Å². The average molecular weight is 508 g/mol. The predicted molar refractivity (Wildman–Crippen MR) is 136 cm³/mol. The van der Waals surface area contributed by atoms with E-state index in [-0.39, 0.29) is 6.04 Å². The van der Waals surface area contributed by atoms with Crippen molar-refractivity contribution >= 4 is 45.1 Å². The molecule has 0 aromatic carbocycles. The number of fused-ring (bicyclic) bond motifs is 3. The van der Waals surface area contributed by atoms with E-state index < -0.39 is 0 Å². The third-order valence-electron chi connectivity index (χ3n) is 6.80. The van der Waals surface area contributed by atoms with Crippen LogP contribution >= 0.6 is 23.2 Å². The molecular formula is C25H23Cl2N7O. The fraction of sp³-hybridized carbons (Fsp3) is 0.320. The molecule has 0 aliphatic carbocycles. The molecule has 1 fully saturated rings. The quantitative estimate of drug-likeness (QED) is 0.302. The summed E-state index contributed by atoms with van der Waals surface area (Å²) in [5.74, 6) is 0.312. The summed E-state index contributed by atoms with van der Waals surface area (Å²) in [5, 5.41) is 10.4. The molecule has 8 nitrogen and oxygen atoms in total. The lowest BCUT2D eigenvalue weighted by molar-refractivity contribution is 0.0548. The molecule has 1 saturated heterocycles. The van der Waals surface area contributed by atoms with Crippen molar-refractivity contribution < 1.29 is 4.74 Å². The Morgan fingerprint density at radius 2 is 1.83 bits per heavy atom. The normalized spacial score (nSPS) is 15.8. The largest absolute Gasteiger partial charge is 0.381 e. The molecule has 0 unspecified atom stereocenters. The van der Waals surface area contributed by atoms with Crippen LogP contribution in [0.15, 0.2) is 42.9 Å². The fourth-order valence-corrected chi connectivity index (χ4v) is 5.50. The van der Waals surface area contributed by atoms with Gasteiger partial charge in [-0.2, -0.15) is 0 Å². The molecule has 0 amide bonds. The molecule has 1 atom stereocenters. The molecule has 0 spiro atoms. The van der Waals surface area contributed by atoms with Gasteiger partial charge in [-0.1, -0.05) is 28.4 Å². The molecule has 6 rings (SSSR count). The number of pyridine rings is 3. The van der Waals surface area contributed by atoms with E-state index in [0.717, 1.165) is 70.6 Å². The second-order valence-electron chi connectivity index (χ2n) is 8.93. The van der Waals surface area contributed by atoms with Gasteiger partial charge in [0.2, 0.25) is 0 Å². The minimum atomic E-state index is -0.0579. The first-order valence-corrected chi connectivity index (χ1v) is 12.3. The maximum atomic E-state index is 6.41. The molecule has 5 aromatic heterocycles. The van der Waals surface area contributed by atoms with E-state index in [1.54, 1.807) is 17.1 Å². The van der Waals surface area contributed by atoms with Gasteiger partial charge in [0.05, 0.1) is 44.7 Å². The SMILES string of the molecule is Cc1nnn(C)c1-c1cnc2c3cnc(Cl)cc3n([C@@H](c3ccc(Cl)cn3)C3CCOCC3)c2c1. The molecule has 0 bridgehead atoms. The summed E-state index contributed by atoms with van der Waals surface area (Å²) in [5.41, 5.74) is 6.48. The third kappa shape index (κ3) is 3.86. The Kier molecular flexibility index (Phi) is 5.67. The summed E-state index contributed by atoms with van der Waals surface area (Å²) in [7, 11) is 1.89. The van der Waals surface area contributed by atoms with Gasteiger partial charge in [0.1, 0.15) is 5.15 Å². The highest BCUT2D eigenvalue weighted by Gasteiger charge is 2.31. The smallest absolute Gasteiger partial charge is 0.131 e. The van der Waals surface area contributed by atoms with Gasteiger partial charge in [-0.15, -0.1) is 5.10 Å². The highest BCUT2D eigenvalue weighted by molar-refractivity contribution is 6.30. The lowest BCUT2D eigenvalue weighted by Crippen LogP contribution is -2.27. The van der Waals surface area contributed by atoms with Crippen molar-refractivity contribution in [1.82, 2.24) is 34.5 Å². The Morgan fingerprint density at radius 1 is 1.00 bits per heavy atom. The van der Waals surface area contributed by atoms with Crippen molar-refractivity contribution in [3.63, 3.8) is 0 Å². The zero-order valence-corrected chi connectivity index (χ0v) is 20.8. The molecule has 1 aliphatic heterocycles. The van der Waals surface area contributed by atoms with Crippen LogP contribution in [0.5, 0.6) is 0 Å². The van der Waals surface area contributed by atoms with Crippen LogP contribution in [0.4, 0.5) is 0 Å². The van der Waals surface area contributed by atoms with Crippen molar-refractivity contribution in [2.45, 2.75) is 25.8 Å². The van der Waals surface area contributed by atoms with Gasteiger partial charge >= 0.3 is 0 Å². The predicted octanol–water partition coefficient (Wildman–Crippen LogP) is 5.41. The first-order valence-electron chi connectivity index (χ1n) is 11.5. The summed E-state index contributed by atoms with van der Waals surface area (Å²) >= 11 is 12.6. The Hall–Kier alpha value is -3.07. The Balaban J connectivity index is 1.67. The number of halogens is 2. The van der Waals surface area contributed by atoms with Crippen LogP contribution in [0.3, 0.4) is 0 Å². The fourth-order valence-electron chi connectivity index (χ4n) is 5.24. The number of ether oxygens (including phenoxy) is 1. The second kappa shape index (κ2) is 8.86. The van der Waals surface area contributed by atoms with E-state index in [1.165, 1.54) is 0 Å². The number of hydrogen-bond acceptors (Lipinski definition) is 6. The lowest BCUT2D eigenvalue weighted by atomic mass is 9.89. The number of hydrogen-bond donors (Lipinski definition) is 0. The molecule has 35 heavy (non-hydrogen) atoms. The monoisotopic (exact) mass is 507 g/mol. The Labute approximate surface area is 211 Å². The Bertz CT molecular complexity index is 1520. The number of aromatic nitrogens is 7. The van der Waals surface area contributed by atoms with E-state index in [2.05, 4.69) is 25.9 Å². The molecule has 178 valence electrons. The van der Waals surface area contributed by atoms with Crippen LogP contribution in [0.25, 0.3) is 33.2 Å². The second-order valence-corrected chi connectivity index (χ2v) is 9.75. The van der Waals surface area contributed by atoms with Crippen LogP contribution in [-0.4, -0.2) is 47.7 Å². The maximum Gasteiger partial charge on any atom is 0.131 e. The van der Waals surface area contributed by atoms with Crippen LogP contribution < -0.4 is 0 Å². The van der Waals surface area contributed by atoms with Crippen LogP contribution in [0.1, 0.15) is 30.3 Å². The van der Waals surface area contributed by atoms with E-state index in [9.17, 15) is 0 Å². The molecular weight excluding hydrogens is 485 g/mol. The number of nitrogens with zero attached hydrogens (tertiary/aromatic N) is 7. The highest BCUT2D eigenvalue weighted by atomic mass is 35.5. The molecule has 1 aliphatic rings. The average Bonchev–Trinajstić information content (AvgIpc) is 3.36. The van der Waals surface area contributed by atoms with Gasteiger partial charge < -0.3 is 9.30 Å².